The fraction of sp³-hybridized carbons (Fsp3) is 0.529. The smallest absolute Gasteiger partial charge is 0.331 e. The van der Waals surface area contributed by atoms with Gasteiger partial charge in [0, 0.05) is 39.1 Å². The molecule has 0 amide bonds. The summed E-state index contributed by atoms with van der Waals surface area (Å²) in [4.78, 5) is 23.8. The van der Waals surface area contributed by atoms with Crippen LogP contribution in [0.4, 0.5) is 5.82 Å². The highest BCUT2D eigenvalue weighted by Crippen LogP contribution is 2.25. The van der Waals surface area contributed by atoms with Crippen LogP contribution in [0.2, 0.25) is 5.28 Å². The second-order valence-corrected chi connectivity index (χ2v) is 6.27. The molecular formula is C17H20ClN7O. The molecule has 2 aromatic heterocycles. The standard InChI is InChI=1S/C17H20ClN7O/c1-2-3-9-24-13-14(23-11-7-20-8-12-23)21-16(18)22-15(13)25(17(24)26)10-5-4-6-19/h20H,4-5,7-12H2,1H3. The Morgan fingerprint density at radius 3 is 2.73 bits per heavy atom. The Hall–Kier alpha value is -2.55. The Morgan fingerprint density at radius 2 is 2.04 bits per heavy atom. The van der Waals surface area contributed by atoms with Gasteiger partial charge >= 0.3 is 5.69 Å². The van der Waals surface area contributed by atoms with Gasteiger partial charge in [-0.2, -0.15) is 15.2 Å². The number of hydrogen-bond acceptors (Lipinski definition) is 6. The summed E-state index contributed by atoms with van der Waals surface area (Å²) >= 11 is 6.17. The molecule has 3 rings (SSSR count). The number of hydrogen-bond donors (Lipinski definition) is 1. The largest absolute Gasteiger partial charge is 0.352 e. The molecule has 136 valence electrons. The lowest BCUT2D eigenvalue weighted by Crippen LogP contribution is -2.44. The zero-order valence-corrected chi connectivity index (χ0v) is 15.4. The number of nitrogens with one attached hydrogen (secondary N) is 1. The van der Waals surface area contributed by atoms with Crippen molar-refractivity contribution < 1.29 is 0 Å². The average molecular weight is 374 g/mol. The summed E-state index contributed by atoms with van der Waals surface area (Å²) in [5.74, 6) is 6.44. The third-order valence-electron chi connectivity index (χ3n) is 4.31. The van der Waals surface area contributed by atoms with Crippen molar-refractivity contribution in [1.82, 2.24) is 24.4 Å². The minimum absolute atomic E-state index is 0.110. The number of anilines is 1. The van der Waals surface area contributed by atoms with E-state index in [0.29, 0.717) is 36.4 Å². The molecule has 0 aliphatic carbocycles. The van der Waals surface area contributed by atoms with E-state index >= 15 is 0 Å². The van der Waals surface area contributed by atoms with E-state index in [9.17, 15) is 4.79 Å². The monoisotopic (exact) mass is 373 g/mol. The summed E-state index contributed by atoms with van der Waals surface area (Å²) in [7, 11) is 0. The van der Waals surface area contributed by atoms with E-state index in [-0.39, 0.29) is 17.5 Å². The molecule has 0 atom stereocenters. The first-order valence-corrected chi connectivity index (χ1v) is 8.94. The molecule has 1 saturated heterocycles. The number of rotatable bonds is 5. The number of nitriles is 1. The summed E-state index contributed by atoms with van der Waals surface area (Å²) in [5.41, 5.74) is 0.953. The van der Waals surface area contributed by atoms with Crippen molar-refractivity contribution in [3.63, 3.8) is 0 Å². The lowest BCUT2D eigenvalue weighted by atomic mass is 10.3. The van der Waals surface area contributed by atoms with Gasteiger partial charge in [-0.3, -0.25) is 9.13 Å². The number of imidazole rings is 1. The van der Waals surface area contributed by atoms with E-state index in [0.717, 1.165) is 26.2 Å². The number of halogens is 1. The van der Waals surface area contributed by atoms with Crippen molar-refractivity contribution in [1.29, 1.82) is 5.26 Å². The van der Waals surface area contributed by atoms with Crippen LogP contribution in [0, 0.1) is 23.2 Å². The molecule has 9 heteroatoms. The molecule has 3 heterocycles. The number of unbranched alkanes of at least 4 members (excludes halogenated alkanes) is 1. The summed E-state index contributed by atoms with van der Waals surface area (Å²) in [5, 5.41) is 12.2. The predicted octanol–water partition coefficient (Wildman–Crippen LogP) is 0.983. The van der Waals surface area contributed by atoms with Crippen molar-refractivity contribution in [2.75, 3.05) is 31.1 Å². The molecule has 1 aliphatic rings. The van der Waals surface area contributed by atoms with Gasteiger partial charge in [-0.1, -0.05) is 5.92 Å². The van der Waals surface area contributed by atoms with Gasteiger partial charge in [-0.05, 0) is 24.9 Å². The van der Waals surface area contributed by atoms with Crippen LogP contribution in [0.3, 0.4) is 0 Å². The SMILES string of the molecule is CC#CCn1c(=O)n(CCCC#N)c2nc(Cl)nc(N3CCNCC3)c21. The topological polar surface area (TPSA) is 91.8 Å². The zero-order valence-electron chi connectivity index (χ0n) is 14.6. The van der Waals surface area contributed by atoms with E-state index in [1.165, 1.54) is 0 Å². The van der Waals surface area contributed by atoms with Crippen LogP contribution in [0.1, 0.15) is 19.8 Å². The lowest BCUT2D eigenvalue weighted by molar-refractivity contribution is 0.585. The molecule has 1 N–H and O–H groups in total. The van der Waals surface area contributed by atoms with Crippen LogP contribution < -0.4 is 15.9 Å². The first-order chi connectivity index (χ1) is 12.7. The zero-order chi connectivity index (χ0) is 18.5. The number of nitrogens with zero attached hydrogens (tertiary/aromatic N) is 6. The predicted molar refractivity (Wildman–Crippen MR) is 100 cm³/mol. The van der Waals surface area contributed by atoms with Gasteiger partial charge in [-0.15, -0.1) is 5.92 Å². The normalized spacial score (nSPS) is 14.1. The second kappa shape index (κ2) is 8.22. The van der Waals surface area contributed by atoms with Gasteiger partial charge in [0.2, 0.25) is 5.28 Å². The Kier molecular flexibility index (Phi) is 5.77. The highest BCUT2D eigenvalue weighted by molar-refractivity contribution is 6.28. The lowest BCUT2D eigenvalue weighted by Gasteiger charge is -2.28. The Balaban J connectivity index is 2.20. The molecule has 26 heavy (non-hydrogen) atoms. The number of aryl methyl sites for hydroxylation is 1. The Bertz CT molecular complexity index is 954. The van der Waals surface area contributed by atoms with Crippen molar-refractivity contribution in [2.45, 2.75) is 32.9 Å². The van der Waals surface area contributed by atoms with E-state index in [2.05, 4.69) is 38.1 Å². The third kappa shape index (κ3) is 3.52. The molecule has 2 aromatic rings. The summed E-state index contributed by atoms with van der Waals surface area (Å²) in [6, 6.07) is 2.10. The molecule has 0 radical (unpaired) electrons. The maximum absolute atomic E-state index is 13.0. The molecule has 0 bridgehead atoms. The van der Waals surface area contributed by atoms with Gasteiger partial charge in [0.25, 0.3) is 0 Å². The molecular weight excluding hydrogens is 354 g/mol. The molecule has 0 aromatic carbocycles. The van der Waals surface area contributed by atoms with Gasteiger partial charge in [0.15, 0.2) is 11.5 Å². The first kappa shape index (κ1) is 18.2. The van der Waals surface area contributed by atoms with Crippen molar-refractivity contribution in [3.05, 3.63) is 15.8 Å². The van der Waals surface area contributed by atoms with E-state index in [4.69, 9.17) is 16.9 Å². The second-order valence-electron chi connectivity index (χ2n) is 5.93. The summed E-state index contributed by atoms with van der Waals surface area (Å²) in [6.07, 6.45) is 0.941. The van der Waals surface area contributed by atoms with Crippen molar-refractivity contribution >= 4 is 28.6 Å². The molecule has 8 nitrogen and oxygen atoms in total. The van der Waals surface area contributed by atoms with Gasteiger partial charge < -0.3 is 10.2 Å². The maximum atomic E-state index is 13.0. The maximum Gasteiger partial charge on any atom is 0.331 e. The Labute approximate surface area is 156 Å². The molecule has 1 fully saturated rings. The first-order valence-electron chi connectivity index (χ1n) is 8.56. The Morgan fingerprint density at radius 1 is 1.27 bits per heavy atom. The van der Waals surface area contributed by atoms with Crippen molar-refractivity contribution in [2.24, 2.45) is 0 Å². The minimum Gasteiger partial charge on any atom is -0.352 e. The number of aromatic nitrogens is 4. The van der Waals surface area contributed by atoms with Crippen LogP contribution in [-0.2, 0) is 13.1 Å². The quantitative estimate of drug-likeness (QED) is 0.477. The highest BCUT2D eigenvalue weighted by Gasteiger charge is 2.23. The van der Waals surface area contributed by atoms with Gasteiger partial charge in [-0.25, -0.2) is 4.79 Å². The van der Waals surface area contributed by atoms with Crippen LogP contribution in [0.15, 0.2) is 4.79 Å². The fourth-order valence-corrected chi connectivity index (χ4v) is 3.25. The van der Waals surface area contributed by atoms with Crippen LogP contribution in [0.5, 0.6) is 0 Å². The molecule has 0 saturated carbocycles. The summed E-state index contributed by atoms with van der Waals surface area (Å²) < 4.78 is 3.18. The average Bonchev–Trinajstić information content (AvgIpc) is 2.91. The molecule has 1 aliphatic heterocycles. The fourth-order valence-electron chi connectivity index (χ4n) is 3.09. The van der Waals surface area contributed by atoms with Gasteiger partial charge in [0.1, 0.15) is 5.52 Å². The van der Waals surface area contributed by atoms with Crippen LogP contribution >= 0.6 is 11.6 Å². The van der Waals surface area contributed by atoms with Crippen LogP contribution in [0.25, 0.3) is 11.2 Å². The van der Waals surface area contributed by atoms with E-state index in [1.807, 2.05) is 0 Å². The molecule has 0 unspecified atom stereocenters. The van der Waals surface area contributed by atoms with Crippen LogP contribution in [-0.4, -0.2) is 45.3 Å². The minimum atomic E-state index is -0.200. The molecule has 0 spiro atoms. The van der Waals surface area contributed by atoms with Gasteiger partial charge in [0.05, 0.1) is 12.6 Å². The number of fused-ring (bicyclic) bond motifs is 1. The number of piperazine rings is 1. The highest BCUT2D eigenvalue weighted by atomic mass is 35.5. The third-order valence-corrected chi connectivity index (χ3v) is 4.48. The van der Waals surface area contributed by atoms with Crippen molar-refractivity contribution in [3.8, 4) is 17.9 Å². The summed E-state index contributed by atoms with van der Waals surface area (Å²) in [6.45, 7) is 5.63. The van der Waals surface area contributed by atoms with E-state index in [1.54, 1.807) is 16.1 Å². The van der Waals surface area contributed by atoms with E-state index < -0.39 is 0 Å².